The van der Waals surface area contributed by atoms with Crippen molar-refractivity contribution in [2.75, 3.05) is 26.2 Å². The Morgan fingerprint density at radius 1 is 0.458 bits per heavy atom. The van der Waals surface area contributed by atoms with Crippen molar-refractivity contribution in [2.45, 2.75) is 280 Å². The Morgan fingerprint density at radius 2 is 0.780 bits per heavy atom. The van der Waals surface area contributed by atoms with Crippen LogP contribution in [0.3, 0.4) is 0 Å². The van der Waals surface area contributed by atoms with Crippen LogP contribution in [0, 0.1) is 11.8 Å². The van der Waals surface area contributed by atoms with Crippen LogP contribution >= 0.6 is 0 Å². The van der Waals surface area contributed by atoms with Gasteiger partial charge in [-0.1, -0.05) is 240 Å². The van der Waals surface area contributed by atoms with Crippen LogP contribution in [0.4, 0.5) is 0 Å². The largest absolute Gasteiger partial charge is 0.354 e. The van der Waals surface area contributed by atoms with Crippen LogP contribution in [0.15, 0.2) is 25.1 Å². The maximum absolute atomic E-state index is 11.6. The third-order valence-electron chi connectivity index (χ3n) is 12.1. The molecule has 0 N–H and O–H groups in total. The highest BCUT2D eigenvalue weighted by atomic mass is 16.1. The van der Waals surface area contributed by atoms with Crippen LogP contribution in [-0.4, -0.2) is 48.0 Å². The highest BCUT2D eigenvalue weighted by molar-refractivity contribution is 5.78. The van der Waals surface area contributed by atoms with E-state index >= 15 is 0 Å². The second-order valence-electron chi connectivity index (χ2n) is 17.9. The highest BCUT2D eigenvalue weighted by Crippen LogP contribution is 2.20. The average molecular weight is 831 g/mol. The Kier molecular flexibility index (Phi) is 57.3. The fraction of sp³-hybridized carbons (Fsp3) is 0.891. The Bertz CT molecular complexity index is 841. The molecule has 0 saturated heterocycles. The zero-order valence-corrected chi connectivity index (χ0v) is 42.0. The second-order valence-corrected chi connectivity index (χ2v) is 17.9. The molecule has 0 amide bonds. The molecule has 0 bridgehead atoms. The number of allylic oxidation sites excluding steroid dienone is 1. The van der Waals surface area contributed by atoms with Gasteiger partial charge in [-0.05, 0) is 77.9 Å². The topological polar surface area (TPSA) is 40.6 Å². The van der Waals surface area contributed by atoms with E-state index in [-0.39, 0.29) is 0 Å². The van der Waals surface area contributed by atoms with Gasteiger partial charge >= 0.3 is 0 Å². The molecule has 0 radical (unpaired) electrons. The quantitative estimate of drug-likeness (QED) is 0.0453. The highest BCUT2D eigenvalue weighted by Gasteiger charge is 2.13. The van der Waals surface area contributed by atoms with Crippen molar-refractivity contribution in [3.63, 3.8) is 0 Å². The van der Waals surface area contributed by atoms with Gasteiger partial charge in [-0.15, -0.1) is 0 Å². The van der Waals surface area contributed by atoms with E-state index in [1.165, 1.54) is 218 Å². The minimum absolute atomic E-state index is 0.345. The Morgan fingerprint density at radius 3 is 1.10 bits per heavy atom. The molecule has 0 heterocycles. The zero-order valence-electron chi connectivity index (χ0n) is 42.0. The molecule has 0 aromatic carbocycles. The molecule has 59 heavy (non-hydrogen) atoms. The average Bonchev–Trinajstić information content (AvgIpc) is 3.24. The molecule has 0 saturated carbocycles. The summed E-state index contributed by atoms with van der Waals surface area (Å²) in [4.78, 5) is 27.4. The first-order valence-electron chi connectivity index (χ1n) is 26.5. The number of carbonyl (C=O) groups excluding carboxylic acids is 2. The van der Waals surface area contributed by atoms with Gasteiger partial charge in [-0.3, -0.25) is 4.79 Å². The van der Waals surface area contributed by atoms with Crippen LogP contribution in [0.5, 0.6) is 0 Å². The third kappa shape index (κ3) is 50.8. The predicted molar refractivity (Wildman–Crippen MR) is 268 cm³/mol. The summed E-state index contributed by atoms with van der Waals surface area (Å²) in [6, 6.07) is 0. The Balaban J connectivity index is -0.000000814. The van der Waals surface area contributed by atoms with Crippen molar-refractivity contribution in [3.05, 3.63) is 25.1 Å². The molecule has 0 aromatic rings. The summed E-state index contributed by atoms with van der Waals surface area (Å²) in [5.41, 5.74) is 0. The van der Waals surface area contributed by atoms with Gasteiger partial charge in [0.2, 0.25) is 0 Å². The molecule has 0 aromatic heterocycles. The molecule has 2 atom stereocenters. The van der Waals surface area contributed by atoms with Crippen molar-refractivity contribution in [1.82, 2.24) is 9.80 Å². The molecule has 352 valence electrons. The molecule has 0 aliphatic heterocycles. The van der Waals surface area contributed by atoms with Crippen LogP contribution in [-0.2, 0) is 9.59 Å². The maximum atomic E-state index is 11.6. The summed E-state index contributed by atoms with van der Waals surface area (Å²) in [6.07, 6.45) is 53.3. The lowest BCUT2D eigenvalue weighted by Crippen LogP contribution is -2.32. The lowest BCUT2D eigenvalue weighted by Gasteiger charge is -2.25. The number of hydrogen-bond acceptors (Lipinski definition) is 4. The van der Waals surface area contributed by atoms with Crippen molar-refractivity contribution >= 4 is 12.1 Å². The van der Waals surface area contributed by atoms with E-state index in [4.69, 9.17) is 0 Å². The van der Waals surface area contributed by atoms with Gasteiger partial charge in [0.1, 0.15) is 12.1 Å². The summed E-state index contributed by atoms with van der Waals surface area (Å²) in [6.45, 7) is 26.0. The normalized spacial score (nSPS) is 12.2. The molecule has 0 aliphatic carbocycles. The number of unbranched alkanes of at least 4 members (excludes halogenated alkanes) is 25. The number of Topliss-reactive ketones (excluding diaryl/α,β-unsaturated/α-hetero) is 1. The van der Waals surface area contributed by atoms with Crippen LogP contribution in [0.25, 0.3) is 0 Å². The molecular formula is C55H110N2O2. The lowest BCUT2D eigenvalue weighted by molar-refractivity contribution is -0.121. The van der Waals surface area contributed by atoms with Gasteiger partial charge in [0.15, 0.2) is 0 Å². The van der Waals surface area contributed by atoms with Gasteiger partial charge in [0, 0.05) is 24.9 Å². The summed E-state index contributed by atoms with van der Waals surface area (Å²) in [5.74, 6) is 1.12. The fourth-order valence-corrected chi connectivity index (χ4v) is 7.91. The minimum Gasteiger partial charge on any atom is -0.354 e. The molecule has 2 unspecified atom stereocenters. The van der Waals surface area contributed by atoms with Crippen LogP contribution in [0.2, 0.25) is 0 Å². The van der Waals surface area contributed by atoms with Crippen LogP contribution in [0.1, 0.15) is 280 Å². The van der Waals surface area contributed by atoms with E-state index in [1.54, 1.807) is 6.92 Å². The van der Waals surface area contributed by atoms with Crippen molar-refractivity contribution in [3.8, 4) is 0 Å². The number of aldehydes is 1. The third-order valence-corrected chi connectivity index (χ3v) is 12.1. The standard InChI is InChI=1S/C22H44N2.C17H34O.C16H32O/c1-5-9-11-13-15-17-20-24(19-16-14-12-10-6-2)22-21-23(8-4)18-7-3;1-4-6-8-10-11-13-15-17(16(3)18)14-12-9-7-5-2;1-3-5-7-9-10-12-14-16(15-17)13-11-8-6-4-2/h7-8,18H,4-6,9-17,19-22H2,1-3H3;17H,4-15H2,1-3H3;15-16H,3-14H2,1-2H3/b18-7-;;. The van der Waals surface area contributed by atoms with Gasteiger partial charge < -0.3 is 14.6 Å². The second kappa shape index (κ2) is 54.6. The summed E-state index contributed by atoms with van der Waals surface area (Å²) >= 11 is 0. The molecule has 0 aliphatic rings. The van der Waals surface area contributed by atoms with Gasteiger partial charge in [0.25, 0.3) is 0 Å². The minimum atomic E-state index is 0.345. The smallest absolute Gasteiger partial charge is 0.132 e. The van der Waals surface area contributed by atoms with Gasteiger partial charge in [0.05, 0.1) is 0 Å². The first-order chi connectivity index (χ1) is 28.8. The molecule has 4 heteroatoms. The number of nitrogens with zero attached hydrogens (tertiary/aromatic N) is 2. The van der Waals surface area contributed by atoms with E-state index in [1.807, 2.05) is 6.20 Å². The maximum Gasteiger partial charge on any atom is 0.132 e. The summed E-state index contributed by atoms with van der Waals surface area (Å²) in [5, 5.41) is 0. The molecular weight excluding hydrogens is 721 g/mol. The Labute approximate surface area is 373 Å². The summed E-state index contributed by atoms with van der Waals surface area (Å²) in [7, 11) is 0. The molecule has 0 fully saturated rings. The van der Waals surface area contributed by atoms with Crippen LogP contribution < -0.4 is 0 Å². The molecule has 0 rings (SSSR count). The Hall–Kier alpha value is -1.42. The van der Waals surface area contributed by atoms with Crippen molar-refractivity contribution < 1.29 is 9.59 Å². The number of ketones is 1. The molecule has 0 spiro atoms. The van der Waals surface area contributed by atoms with Gasteiger partial charge in [-0.25, -0.2) is 0 Å². The van der Waals surface area contributed by atoms with Crippen molar-refractivity contribution in [1.29, 1.82) is 0 Å². The first-order valence-corrected chi connectivity index (χ1v) is 26.5. The first kappa shape index (κ1) is 61.9. The van der Waals surface area contributed by atoms with Gasteiger partial charge in [-0.2, -0.15) is 0 Å². The number of carbonyl (C=O) groups is 2. The fourth-order valence-electron chi connectivity index (χ4n) is 7.91. The van der Waals surface area contributed by atoms with E-state index in [0.717, 1.165) is 38.8 Å². The van der Waals surface area contributed by atoms with E-state index in [0.29, 0.717) is 17.6 Å². The van der Waals surface area contributed by atoms with E-state index in [2.05, 4.69) is 77.1 Å². The SMILES string of the molecule is C=CN(/C=C\C)CCN(CCCCCCC)CCCCCCCC.CCCCCCCCC(C=O)CCCCCC.CCCCCCCCC(CCCCCC)C(C)=O. The van der Waals surface area contributed by atoms with E-state index < -0.39 is 0 Å². The van der Waals surface area contributed by atoms with Crippen molar-refractivity contribution in [2.24, 2.45) is 11.8 Å². The predicted octanol–water partition coefficient (Wildman–Crippen LogP) is 18.0. The zero-order chi connectivity index (χ0) is 44.3. The number of hydrogen-bond donors (Lipinski definition) is 0. The number of rotatable bonds is 44. The van der Waals surface area contributed by atoms with E-state index in [9.17, 15) is 9.59 Å². The summed E-state index contributed by atoms with van der Waals surface area (Å²) < 4.78 is 0. The lowest BCUT2D eigenvalue weighted by atomic mass is 9.91. The monoisotopic (exact) mass is 831 g/mol. The molecule has 4 nitrogen and oxygen atoms in total.